The van der Waals surface area contributed by atoms with Crippen molar-refractivity contribution in [1.29, 1.82) is 0 Å². The van der Waals surface area contributed by atoms with Gasteiger partial charge in [0.1, 0.15) is 5.15 Å². The number of aromatic nitrogens is 2. The molecule has 8 heteroatoms. The molecule has 0 bridgehead atoms. The van der Waals surface area contributed by atoms with Crippen molar-refractivity contribution in [2.45, 2.75) is 0 Å². The minimum Gasteiger partial charge on any atom is -0.258 e. The average molecular weight is 326 g/mol. The molecule has 0 spiro atoms. The minimum absolute atomic E-state index is 0.0464. The van der Waals surface area contributed by atoms with Crippen molar-refractivity contribution in [3.63, 3.8) is 0 Å². The summed E-state index contributed by atoms with van der Waals surface area (Å²) in [6.45, 7) is 0. The second-order valence-electron chi connectivity index (χ2n) is 3.90. The molecule has 0 aliphatic rings. The third kappa shape index (κ3) is 2.33. The van der Waals surface area contributed by atoms with E-state index in [0.717, 1.165) is 4.88 Å². The maximum absolute atomic E-state index is 10.8. The molecular weight excluding hydrogens is 321 g/mol. The van der Waals surface area contributed by atoms with E-state index in [-0.39, 0.29) is 10.8 Å². The molecule has 100 valence electrons. The Balaban J connectivity index is 2.20. The minimum atomic E-state index is -0.483. The Hall–Kier alpha value is -1.76. The van der Waals surface area contributed by atoms with E-state index in [4.69, 9.17) is 23.2 Å². The van der Waals surface area contributed by atoms with E-state index < -0.39 is 4.92 Å². The van der Waals surface area contributed by atoms with E-state index >= 15 is 0 Å². The van der Waals surface area contributed by atoms with Gasteiger partial charge in [0.25, 0.3) is 5.69 Å². The molecule has 20 heavy (non-hydrogen) atoms. The number of halogens is 2. The molecule has 0 atom stereocenters. The number of hydrogen-bond donors (Lipinski definition) is 0. The van der Waals surface area contributed by atoms with Gasteiger partial charge in [-0.15, -0.1) is 11.3 Å². The molecule has 0 saturated heterocycles. The fourth-order valence-electron chi connectivity index (χ4n) is 1.74. The molecule has 5 nitrogen and oxygen atoms in total. The topological polar surface area (TPSA) is 68.9 Å². The lowest BCUT2D eigenvalue weighted by Crippen LogP contribution is -1.92. The highest BCUT2D eigenvalue weighted by atomic mass is 35.5. The second kappa shape index (κ2) is 4.97. The third-order valence-electron chi connectivity index (χ3n) is 2.64. The van der Waals surface area contributed by atoms with Gasteiger partial charge < -0.3 is 0 Å². The van der Waals surface area contributed by atoms with Crippen LogP contribution in [0, 0.1) is 10.1 Å². The van der Waals surface area contributed by atoms with Crippen LogP contribution in [0.5, 0.6) is 0 Å². The summed E-state index contributed by atoms with van der Waals surface area (Å²) in [7, 11) is 0. The number of thiophene rings is 1. The SMILES string of the molecule is O=[N+]([O-])c1ccc2nc(-c3ccc(Cl)s3)nc(Cl)c2c1. The van der Waals surface area contributed by atoms with E-state index in [1.807, 2.05) is 0 Å². The number of nitro benzene ring substituents is 1. The van der Waals surface area contributed by atoms with Gasteiger partial charge in [0.05, 0.1) is 19.7 Å². The third-order valence-corrected chi connectivity index (χ3v) is 4.15. The molecule has 0 N–H and O–H groups in total. The Morgan fingerprint density at radius 2 is 1.95 bits per heavy atom. The van der Waals surface area contributed by atoms with E-state index in [9.17, 15) is 10.1 Å². The lowest BCUT2D eigenvalue weighted by molar-refractivity contribution is -0.384. The van der Waals surface area contributed by atoms with E-state index in [2.05, 4.69) is 9.97 Å². The van der Waals surface area contributed by atoms with Crippen molar-refractivity contribution in [2.75, 3.05) is 0 Å². The van der Waals surface area contributed by atoms with Gasteiger partial charge in [-0.2, -0.15) is 0 Å². The van der Waals surface area contributed by atoms with Crippen LogP contribution >= 0.6 is 34.5 Å². The van der Waals surface area contributed by atoms with Crippen molar-refractivity contribution in [2.24, 2.45) is 0 Å². The van der Waals surface area contributed by atoms with Crippen LogP contribution in [0.25, 0.3) is 21.6 Å². The molecule has 3 rings (SSSR count). The van der Waals surface area contributed by atoms with Crippen molar-refractivity contribution in [3.8, 4) is 10.7 Å². The molecule has 0 amide bonds. The highest BCUT2D eigenvalue weighted by molar-refractivity contribution is 7.19. The quantitative estimate of drug-likeness (QED) is 0.393. The van der Waals surface area contributed by atoms with Crippen LogP contribution in [0.3, 0.4) is 0 Å². The Labute approximate surface area is 127 Å². The molecule has 2 aromatic heterocycles. The van der Waals surface area contributed by atoms with Crippen LogP contribution in [0.15, 0.2) is 30.3 Å². The molecule has 2 heterocycles. The number of fused-ring (bicyclic) bond motifs is 1. The Morgan fingerprint density at radius 1 is 1.15 bits per heavy atom. The summed E-state index contributed by atoms with van der Waals surface area (Å²) in [5.41, 5.74) is 0.505. The fourth-order valence-corrected chi connectivity index (χ4v) is 2.95. The zero-order valence-electron chi connectivity index (χ0n) is 9.71. The van der Waals surface area contributed by atoms with Crippen molar-refractivity contribution in [3.05, 3.63) is 49.9 Å². The van der Waals surface area contributed by atoms with Crippen molar-refractivity contribution >= 4 is 51.1 Å². The maximum Gasteiger partial charge on any atom is 0.270 e. The first-order valence-electron chi connectivity index (χ1n) is 5.42. The first kappa shape index (κ1) is 13.2. The lowest BCUT2D eigenvalue weighted by Gasteiger charge is -2.02. The van der Waals surface area contributed by atoms with Crippen LogP contribution in [0.1, 0.15) is 0 Å². The Morgan fingerprint density at radius 3 is 2.60 bits per heavy atom. The monoisotopic (exact) mass is 325 g/mol. The first-order valence-corrected chi connectivity index (χ1v) is 6.99. The number of hydrogen-bond acceptors (Lipinski definition) is 5. The highest BCUT2D eigenvalue weighted by Gasteiger charge is 2.13. The van der Waals surface area contributed by atoms with E-state index in [0.29, 0.717) is 21.1 Å². The van der Waals surface area contributed by atoms with Gasteiger partial charge in [-0.25, -0.2) is 9.97 Å². The molecule has 0 saturated carbocycles. The number of nitrogens with zero attached hydrogens (tertiary/aromatic N) is 3. The smallest absolute Gasteiger partial charge is 0.258 e. The van der Waals surface area contributed by atoms with Gasteiger partial charge in [-0.05, 0) is 18.2 Å². The maximum atomic E-state index is 10.8. The van der Waals surface area contributed by atoms with Gasteiger partial charge in [-0.1, -0.05) is 23.2 Å². The number of benzene rings is 1. The summed E-state index contributed by atoms with van der Waals surface area (Å²) in [6, 6.07) is 7.86. The summed E-state index contributed by atoms with van der Waals surface area (Å²) in [5, 5.41) is 11.4. The van der Waals surface area contributed by atoms with Crippen LogP contribution in [-0.2, 0) is 0 Å². The van der Waals surface area contributed by atoms with Gasteiger partial charge >= 0.3 is 0 Å². The largest absolute Gasteiger partial charge is 0.270 e. The van der Waals surface area contributed by atoms with Crippen LogP contribution < -0.4 is 0 Å². The summed E-state index contributed by atoms with van der Waals surface area (Å²) >= 11 is 13.3. The van der Waals surface area contributed by atoms with Crippen LogP contribution in [0.2, 0.25) is 9.49 Å². The number of nitro groups is 1. The second-order valence-corrected chi connectivity index (χ2v) is 5.97. The predicted octanol–water partition coefficient (Wildman–Crippen LogP) is 4.57. The summed E-state index contributed by atoms with van der Waals surface area (Å²) in [5.74, 6) is 0.452. The zero-order valence-corrected chi connectivity index (χ0v) is 12.0. The normalized spacial score (nSPS) is 10.9. The molecule has 0 aliphatic heterocycles. The van der Waals surface area contributed by atoms with Crippen molar-refractivity contribution in [1.82, 2.24) is 9.97 Å². The molecular formula is C12H5Cl2N3O2S. The molecule has 0 aliphatic carbocycles. The van der Waals surface area contributed by atoms with Crippen LogP contribution in [0.4, 0.5) is 5.69 Å². The van der Waals surface area contributed by atoms with Gasteiger partial charge in [0.15, 0.2) is 5.82 Å². The first-order chi connectivity index (χ1) is 9.54. The molecule has 3 aromatic rings. The van der Waals surface area contributed by atoms with E-state index in [1.54, 1.807) is 18.2 Å². The number of non-ortho nitro benzene ring substituents is 1. The Kier molecular flexibility index (Phi) is 3.29. The summed E-state index contributed by atoms with van der Waals surface area (Å²) in [4.78, 5) is 19.6. The lowest BCUT2D eigenvalue weighted by atomic mass is 10.2. The number of rotatable bonds is 2. The van der Waals surface area contributed by atoms with Crippen molar-refractivity contribution < 1.29 is 4.92 Å². The highest BCUT2D eigenvalue weighted by Crippen LogP contribution is 2.32. The summed E-state index contributed by atoms with van der Waals surface area (Å²) in [6.07, 6.45) is 0. The fraction of sp³-hybridized carbons (Fsp3) is 0. The molecule has 0 radical (unpaired) electrons. The van der Waals surface area contributed by atoms with Crippen LogP contribution in [-0.4, -0.2) is 14.9 Å². The van der Waals surface area contributed by atoms with Gasteiger partial charge in [-0.3, -0.25) is 10.1 Å². The molecule has 1 aromatic carbocycles. The average Bonchev–Trinajstić information content (AvgIpc) is 2.85. The molecule has 0 fully saturated rings. The Bertz CT molecular complexity index is 835. The zero-order chi connectivity index (χ0) is 14.3. The summed E-state index contributed by atoms with van der Waals surface area (Å²) < 4.78 is 0.628. The predicted molar refractivity (Wildman–Crippen MR) is 79.5 cm³/mol. The standard InChI is InChI=1S/C12H5Cl2N3O2S/c13-10-4-3-9(20-10)12-15-8-2-1-6(17(18)19)5-7(8)11(14)16-12/h1-5H. The van der Waals surface area contributed by atoms with E-state index in [1.165, 1.54) is 23.5 Å². The van der Waals surface area contributed by atoms with Gasteiger partial charge in [0.2, 0.25) is 0 Å². The van der Waals surface area contributed by atoms with Gasteiger partial charge in [0, 0.05) is 17.5 Å². The molecule has 0 unspecified atom stereocenters.